The average molecular weight is 376 g/mol. The first-order chi connectivity index (χ1) is 11.1. The number of hydrogen-bond acceptors (Lipinski definition) is 5. The highest BCUT2D eigenvalue weighted by atomic mass is 32.2. The van der Waals surface area contributed by atoms with Gasteiger partial charge in [-0.15, -0.1) is 0 Å². The van der Waals surface area contributed by atoms with E-state index in [2.05, 4.69) is 0 Å². The zero-order valence-corrected chi connectivity index (χ0v) is 16.2. The first kappa shape index (κ1) is 19.2. The third kappa shape index (κ3) is 4.10. The summed E-state index contributed by atoms with van der Waals surface area (Å²) in [5.41, 5.74) is 0.724. The largest absolute Gasteiger partial charge is 0.496 e. The van der Waals surface area contributed by atoms with E-state index in [4.69, 9.17) is 4.74 Å². The third-order valence-electron chi connectivity index (χ3n) is 4.13. The summed E-state index contributed by atoms with van der Waals surface area (Å²) in [6.07, 6.45) is 0.351. The molecule has 0 unspecified atom stereocenters. The fourth-order valence-electron chi connectivity index (χ4n) is 2.95. The number of aryl methyl sites for hydroxylation is 1. The van der Waals surface area contributed by atoms with E-state index >= 15 is 0 Å². The average Bonchev–Trinajstić information content (AvgIpc) is 2.84. The summed E-state index contributed by atoms with van der Waals surface area (Å²) in [5, 5.41) is 0. The first-order valence-corrected chi connectivity index (χ1v) is 11.2. The maximum Gasteiger partial charge on any atom is 0.243 e. The van der Waals surface area contributed by atoms with E-state index in [0.29, 0.717) is 18.7 Å². The highest BCUT2D eigenvalue weighted by molar-refractivity contribution is 7.92. The lowest BCUT2D eigenvalue weighted by Crippen LogP contribution is -2.43. The van der Waals surface area contributed by atoms with Gasteiger partial charge in [0.1, 0.15) is 5.75 Å². The zero-order chi connectivity index (χ0) is 18.1. The van der Waals surface area contributed by atoms with Crippen LogP contribution in [-0.2, 0) is 19.9 Å². The number of hydrogen-bond donors (Lipinski definition) is 0. The van der Waals surface area contributed by atoms with Gasteiger partial charge in [-0.25, -0.2) is 16.8 Å². The van der Waals surface area contributed by atoms with Crippen molar-refractivity contribution in [3.8, 4) is 5.75 Å². The van der Waals surface area contributed by atoms with Crippen LogP contribution in [0.2, 0.25) is 0 Å². The minimum atomic E-state index is -3.76. The van der Waals surface area contributed by atoms with E-state index in [0.717, 1.165) is 5.56 Å². The van der Waals surface area contributed by atoms with E-state index in [-0.39, 0.29) is 22.3 Å². The van der Waals surface area contributed by atoms with Gasteiger partial charge in [-0.3, -0.25) is 0 Å². The SMILES string of the molecule is COc1ccc(S(=O)(=O)N(CC(C)C)[C@@H]2CCS(=O)(=O)C2)cc1C. The third-order valence-corrected chi connectivity index (χ3v) is 7.80. The van der Waals surface area contributed by atoms with Crippen molar-refractivity contribution in [3.05, 3.63) is 23.8 Å². The summed E-state index contributed by atoms with van der Waals surface area (Å²) < 4.78 is 56.3. The number of nitrogens with zero attached hydrogens (tertiary/aromatic N) is 1. The predicted octanol–water partition coefficient (Wildman–Crippen LogP) is 1.84. The van der Waals surface area contributed by atoms with Gasteiger partial charge < -0.3 is 4.74 Å². The Morgan fingerprint density at radius 1 is 1.33 bits per heavy atom. The smallest absolute Gasteiger partial charge is 0.243 e. The van der Waals surface area contributed by atoms with Crippen molar-refractivity contribution in [2.45, 2.75) is 38.1 Å². The summed E-state index contributed by atoms with van der Waals surface area (Å²) in [7, 11) is -5.39. The van der Waals surface area contributed by atoms with Gasteiger partial charge in [0.25, 0.3) is 0 Å². The summed E-state index contributed by atoms with van der Waals surface area (Å²) >= 11 is 0. The molecule has 0 saturated carbocycles. The molecule has 6 nitrogen and oxygen atoms in total. The molecular formula is C16H25NO5S2. The fraction of sp³-hybridized carbons (Fsp3) is 0.625. The van der Waals surface area contributed by atoms with Crippen LogP contribution in [0.4, 0.5) is 0 Å². The predicted molar refractivity (Wildman–Crippen MR) is 93.5 cm³/mol. The Labute approximate surface area is 144 Å². The van der Waals surface area contributed by atoms with Gasteiger partial charge >= 0.3 is 0 Å². The normalized spacial score (nSPS) is 20.7. The Kier molecular flexibility index (Phi) is 5.61. The Morgan fingerprint density at radius 2 is 2.00 bits per heavy atom. The molecule has 1 aliphatic rings. The van der Waals surface area contributed by atoms with E-state index in [1.165, 1.54) is 17.5 Å². The molecule has 0 spiro atoms. The minimum Gasteiger partial charge on any atom is -0.496 e. The van der Waals surface area contributed by atoms with Crippen molar-refractivity contribution in [2.24, 2.45) is 5.92 Å². The van der Waals surface area contributed by atoms with Crippen LogP contribution in [0, 0.1) is 12.8 Å². The summed E-state index contributed by atoms with van der Waals surface area (Å²) in [5.74, 6) is 0.660. The van der Waals surface area contributed by atoms with Crippen molar-refractivity contribution in [1.29, 1.82) is 0 Å². The Morgan fingerprint density at radius 3 is 2.46 bits per heavy atom. The Bertz CT molecular complexity index is 800. The molecule has 8 heteroatoms. The van der Waals surface area contributed by atoms with Gasteiger partial charge in [0, 0.05) is 12.6 Å². The number of sulfonamides is 1. The van der Waals surface area contributed by atoms with Crippen LogP contribution in [0.3, 0.4) is 0 Å². The summed E-state index contributed by atoms with van der Waals surface area (Å²) in [6, 6.07) is 4.22. The van der Waals surface area contributed by atoms with Gasteiger partial charge in [-0.05, 0) is 43.0 Å². The number of ether oxygens (including phenoxy) is 1. The molecule has 1 saturated heterocycles. The van der Waals surface area contributed by atoms with Crippen molar-refractivity contribution >= 4 is 19.9 Å². The van der Waals surface area contributed by atoms with Gasteiger partial charge in [-0.2, -0.15) is 4.31 Å². The second-order valence-corrected chi connectivity index (χ2v) is 10.8. The molecular weight excluding hydrogens is 350 g/mol. The zero-order valence-electron chi connectivity index (χ0n) is 14.5. The maximum absolute atomic E-state index is 13.1. The van der Waals surface area contributed by atoms with Crippen molar-refractivity contribution in [2.75, 3.05) is 25.2 Å². The molecule has 0 radical (unpaired) electrons. The fourth-order valence-corrected chi connectivity index (χ4v) is 6.68. The quantitative estimate of drug-likeness (QED) is 0.758. The Hall–Kier alpha value is -1.12. The first-order valence-electron chi connectivity index (χ1n) is 7.93. The van der Waals surface area contributed by atoms with Gasteiger partial charge in [0.2, 0.25) is 10.0 Å². The van der Waals surface area contributed by atoms with Crippen molar-refractivity contribution in [3.63, 3.8) is 0 Å². The molecule has 1 aliphatic heterocycles. The second kappa shape index (κ2) is 7.01. The topological polar surface area (TPSA) is 80.8 Å². The van der Waals surface area contributed by atoms with Gasteiger partial charge in [-0.1, -0.05) is 13.8 Å². The molecule has 1 aromatic carbocycles. The lowest BCUT2D eigenvalue weighted by atomic mass is 10.2. The molecule has 1 atom stereocenters. The summed E-state index contributed by atoms with van der Waals surface area (Å²) in [4.78, 5) is 0.172. The number of benzene rings is 1. The van der Waals surface area contributed by atoms with E-state index in [1.54, 1.807) is 19.1 Å². The highest BCUT2D eigenvalue weighted by Gasteiger charge is 2.39. The molecule has 0 amide bonds. The van der Waals surface area contributed by atoms with Crippen molar-refractivity contribution < 1.29 is 21.6 Å². The maximum atomic E-state index is 13.1. The molecule has 1 heterocycles. The molecule has 24 heavy (non-hydrogen) atoms. The second-order valence-electron chi connectivity index (χ2n) is 6.66. The van der Waals surface area contributed by atoms with Gasteiger partial charge in [0.15, 0.2) is 9.84 Å². The van der Waals surface area contributed by atoms with Gasteiger partial charge in [0.05, 0.1) is 23.5 Å². The van der Waals surface area contributed by atoms with Crippen LogP contribution in [0.5, 0.6) is 5.75 Å². The van der Waals surface area contributed by atoms with E-state index < -0.39 is 25.9 Å². The standard InChI is InChI=1S/C16H25NO5S2/c1-12(2)10-17(14-7-8-23(18,19)11-14)24(20,21)15-5-6-16(22-4)13(3)9-15/h5-6,9,12,14H,7-8,10-11H2,1-4H3/t14-/m1/s1. The lowest BCUT2D eigenvalue weighted by molar-refractivity contribution is 0.307. The molecule has 2 rings (SSSR count). The van der Waals surface area contributed by atoms with Crippen LogP contribution in [-0.4, -0.2) is 52.3 Å². The molecule has 136 valence electrons. The summed E-state index contributed by atoms with van der Waals surface area (Å²) in [6.45, 7) is 5.93. The molecule has 0 aromatic heterocycles. The lowest BCUT2D eigenvalue weighted by Gasteiger charge is -2.29. The number of sulfone groups is 1. The van der Waals surface area contributed by atoms with Crippen LogP contribution in [0.1, 0.15) is 25.8 Å². The van der Waals surface area contributed by atoms with Crippen LogP contribution in [0.15, 0.2) is 23.1 Å². The molecule has 0 aliphatic carbocycles. The monoisotopic (exact) mass is 375 g/mol. The highest BCUT2D eigenvalue weighted by Crippen LogP contribution is 2.28. The number of rotatable bonds is 6. The van der Waals surface area contributed by atoms with E-state index in [9.17, 15) is 16.8 Å². The Balaban J connectivity index is 2.42. The number of methoxy groups -OCH3 is 1. The minimum absolute atomic E-state index is 0.0451. The van der Waals surface area contributed by atoms with Crippen LogP contribution < -0.4 is 4.74 Å². The molecule has 0 N–H and O–H groups in total. The molecule has 1 fully saturated rings. The van der Waals surface area contributed by atoms with Crippen LogP contribution in [0.25, 0.3) is 0 Å². The van der Waals surface area contributed by atoms with Crippen molar-refractivity contribution in [1.82, 2.24) is 4.31 Å². The molecule has 0 bridgehead atoms. The molecule has 1 aromatic rings. The van der Waals surface area contributed by atoms with E-state index in [1.807, 2.05) is 13.8 Å². The van der Waals surface area contributed by atoms with Crippen LogP contribution >= 0.6 is 0 Å².